The Bertz CT molecular complexity index is 626. The zero-order valence-electron chi connectivity index (χ0n) is 13.2. The molecule has 1 heterocycles. The number of hydrogen-bond donors (Lipinski definition) is 0. The molecule has 1 aliphatic rings. The molecular formula is C19H22ClNO2. The van der Waals surface area contributed by atoms with Crippen molar-refractivity contribution in [2.75, 3.05) is 32.8 Å². The highest BCUT2D eigenvalue weighted by Crippen LogP contribution is 2.27. The second-order valence-electron chi connectivity index (χ2n) is 5.72. The number of morpholine rings is 1. The van der Waals surface area contributed by atoms with Gasteiger partial charge in [-0.3, -0.25) is 4.90 Å². The van der Waals surface area contributed by atoms with E-state index in [0.29, 0.717) is 5.02 Å². The van der Waals surface area contributed by atoms with Crippen LogP contribution in [0.3, 0.4) is 0 Å². The Morgan fingerprint density at radius 2 is 1.87 bits per heavy atom. The molecule has 0 aliphatic carbocycles. The Morgan fingerprint density at radius 1 is 1.04 bits per heavy atom. The van der Waals surface area contributed by atoms with Crippen LogP contribution in [0.4, 0.5) is 0 Å². The minimum Gasteiger partial charge on any atom is -0.457 e. The molecule has 1 saturated heterocycles. The van der Waals surface area contributed by atoms with E-state index in [1.165, 1.54) is 5.56 Å². The second-order valence-corrected chi connectivity index (χ2v) is 6.16. The van der Waals surface area contributed by atoms with Crippen molar-refractivity contribution in [3.8, 4) is 11.5 Å². The smallest absolute Gasteiger partial charge is 0.130 e. The standard InChI is InChI=1S/C19H22ClNO2/c20-17-7-3-8-18(15-17)23-19-9-2-1-5-16(19)6-4-10-21-11-13-22-14-12-21/h1-3,5,7-9,15H,4,6,10-14H2. The van der Waals surface area contributed by atoms with Crippen LogP contribution in [0.25, 0.3) is 0 Å². The first-order valence-corrected chi connectivity index (χ1v) is 8.50. The molecule has 0 aromatic heterocycles. The molecule has 0 saturated carbocycles. The van der Waals surface area contributed by atoms with Gasteiger partial charge in [0.05, 0.1) is 13.2 Å². The molecule has 0 unspecified atom stereocenters. The van der Waals surface area contributed by atoms with E-state index in [-0.39, 0.29) is 0 Å². The first kappa shape index (κ1) is 16.3. The average molecular weight is 332 g/mol. The number of halogens is 1. The van der Waals surface area contributed by atoms with E-state index >= 15 is 0 Å². The van der Waals surface area contributed by atoms with Gasteiger partial charge in [0.25, 0.3) is 0 Å². The van der Waals surface area contributed by atoms with Gasteiger partial charge >= 0.3 is 0 Å². The molecule has 1 aliphatic heterocycles. The third kappa shape index (κ3) is 4.96. The van der Waals surface area contributed by atoms with Gasteiger partial charge in [0.2, 0.25) is 0 Å². The summed E-state index contributed by atoms with van der Waals surface area (Å²) in [4.78, 5) is 2.46. The molecule has 4 heteroatoms. The summed E-state index contributed by atoms with van der Waals surface area (Å²) in [6.07, 6.45) is 2.13. The molecule has 0 bridgehead atoms. The van der Waals surface area contributed by atoms with Crippen LogP contribution in [0, 0.1) is 0 Å². The van der Waals surface area contributed by atoms with Crippen LogP contribution in [0.5, 0.6) is 11.5 Å². The maximum absolute atomic E-state index is 6.02. The molecule has 1 fully saturated rings. The summed E-state index contributed by atoms with van der Waals surface area (Å²) >= 11 is 6.02. The van der Waals surface area contributed by atoms with E-state index in [0.717, 1.165) is 57.2 Å². The average Bonchev–Trinajstić information content (AvgIpc) is 2.57. The van der Waals surface area contributed by atoms with E-state index in [1.807, 2.05) is 36.4 Å². The van der Waals surface area contributed by atoms with Crippen LogP contribution < -0.4 is 4.74 Å². The van der Waals surface area contributed by atoms with Gasteiger partial charge in [-0.05, 0) is 49.2 Å². The number of para-hydroxylation sites is 1. The topological polar surface area (TPSA) is 21.7 Å². The predicted octanol–water partition coefficient (Wildman–Crippen LogP) is 4.40. The molecule has 0 radical (unpaired) electrons. The first-order chi connectivity index (χ1) is 11.3. The van der Waals surface area contributed by atoms with Gasteiger partial charge in [-0.25, -0.2) is 0 Å². The zero-order chi connectivity index (χ0) is 15.9. The summed E-state index contributed by atoms with van der Waals surface area (Å²) in [5.74, 6) is 1.69. The SMILES string of the molecule is Clc1cccc(Oc2ccccc2CCCN2CCOCC2)c1. The normalized spacial score (nSPS) is 15.5. The van der Waals surface area contributed by atoms with Crippen LogP contribution in [0.2, 0.25) is 5.02 Å². The Hall–Kier alpha value is -1.55. The van der Waals surface area contributed by atoms with Crippen molar-refractivity contribution >= 4 is 11.6 Å². The summed E-state index contributed by atoms with van der Waals surface area (Å²) in [6.45, 7) is 4.90. The maximum atomic E-state index is 6.02. The van der Waals surface area contributed by atoms with Crippen LogP contribution in [-0.4, -0.2) is 37.7 Å². The molecule has 3 nitrogen and oxygen atoms in total. The van der Waals surface area contributed by atoms with E-state index in [2.05, 4.69) is 17.0 Å². The third-order valence-corrected chi connectivity index (χ3v) is 4.26. The second kappa shape index (κ2) is 8.34. The Kier molecular flexibility index (Phi) is 5.92. The fourth-order valence-corrected chi connectivity index (χ4v) is 2.97. The Balaban J connectivity index is 1.59. The number of aryl methyl sites for hydroxylation is 1. The summed E-state index contributed by atoms with van der Waals surface area (Å²) < 4.78 is 11.4. The Morgan fingerprint density at radius 3 is 2.70 bits per heavy atom. The third-order valence-electron chi connectivity index (χ3n) is 4.02. The van der Waals surface area contributed by atoms with Gasteiger partial charge in [0.1, 0.15) is 11.5 Å². The highest BCUT2D eigenvalue weighted by molar-refractivity contribution is 6.30. The largest absolute Gasteiger partial charge is 0.457 e. The molecule has 23 heavy (non-hydrogen) atoms. The van der Waals surface area contributed by atoms with Crippen molar-refractivity contribution in [1.29, 1.82) is 0 Å². The molecule has 0 spiro atoms. The molecule has 2 aromatic rings. The van der Waals surface area contributed by atoms with Gasteiger partial charge in [-0.15, -0.1) is 0 Å². The van der Waals surface area contributed by atoms with Crippen LogP contribution >= 0.6 is 11.6 Å². The fraction of sp³-hybridized carbons (Fsp3) is 0.368. The predicted molar refractivity (Wildman–Crippen MR) is 93.5 cm³/mol. The molecular weight excluding hydrogens is 310 g/mol. The lowest BCUT2D eigenvalue weighted by Gasteiger charge is -2.26. The number of rotatable bonds is 6. The molecule has 0 N–H and O–H groups in total. The van der Waals surface area contributed by atoms with Gasteiger partial charge in [-0.1, -0.05) is 35.9 Å². The van der Waals surface area contributed by atoms with Gasteiger partial charge < -0.3 is 9.47 Å². The Labute approximate surface area is 142 Å². The first-order valence-electron chi connectivity index (χ1n) is 8.13. The lowest BCUT2D eigenvalue weighted by molar-refractivity contribution is 0.0374. The molecule has 0 amide bonds. The quantitative estimate of drug-likeness (QED) is 0.783. The zero-order valence-corrected chi connectivity index (χ0v) is 14.0. The minimum atomic E-state index is 0.687. The summed E-state index contributed by atoms with van der Waals surface area (Å²) in [5.41, 5.74) is 1.24. The number of nitrogens with zero attached hydrogens (tertiary/aromatic N) is 1. The summed E-state index contributed by atoms with van der Waals surface area (Å²) in [6, 6.07) is 15.7. The van der Waals surface area contributed by atoms with Crippen molar-refractivity contribution in [3.63, 3.8) is 0 Å². The van der Waals surface area contributed by atoms with Crippen molar-refractivity contribution in [2.45, 2.75) is 12.8 Å². The number of benzene rings is 2. The summed E-state index contributed by atoms with van der Waals surface area (Å²) in [5, 5.41) is 0.687. The summed E-state index contributed by atoms with van der Waals surface area (Å²) in [7, 11) is 0. The minimum absolute atomic E-state index is 0.687. The van der Waals surface area contributed by atoms with Crippen molar-refractivity contribution in [1.82, 2.24) is 4.90 Å². The van der Waals surface area contributed by atoms with Crippen molar-refractivity contribution < 1.29 is 9.47 Å². The number of hydrogen-bond acceptors (Lipinski definition) is 3. The monoisotopic (exact) mass is 331 g/mol. The van der Waals surface area contributed by atoms with Gasteiger partial charge in [0, 0.05) is 18.1 Å². The lowest BCUT2D eigenvalue weighted by Crippen LogP contribution is -2.36. The van der Waals surface area contributed by atoms with Crippen LogP contribution in [0.1, 0.15) is 12.0 Å². The molecule has 2 aromatic carbocycles. The van der Waals surface area contributed by atoms with Gasteiger partial charge in [0.15, 0.2) is 0 Å². The van der Waals surface area contributed by atoms with Crippen molar-refractivity contribution in [3.05, 3.63) is 59.1 Å². The van der Waals surface area contributed by atoms with Crippen LogP contribution in [-0.2, 0) is 11.2 Å². The molecule has 3 rings (SSSR count). The lowest BCUT2D eigenvalue weighted by atomic mass is 10.1. The van der Waals surface area contributed by atoms with Crippen LogP contribution in [0.15, 0.2) is 48.5 Å². The van der Waals surface area contributed by atoms with Gasteiger partial charge in [-0.2, -0.15) is 0 Å². The highest BCUT2D eigenvalue weighted by Gasteiger charge is 2.10. The van der Waals surface area contributed by atoms with E-state index in [4.69, 9.17) is 21.1 Å². The molecule has 122 valence electrons. The fourth-order valence-electron chi connectivity index (χ4n) is 2.79. The highest BCUT2D eigenvalue weighted by atomic mass is 35.5. The maximum Gasteiger partial charge on any atom is 0.130 e. The number of ether oxygens (including phenoxy) is 2. The van der Waals surface area contributed by atoms with Crippen molar-refractivity contribution in [2.24, 2.45) is 0 Å². The molecule has 0 atom stereocenters. The van der Waals surface area contributed by atoms with E-state index < -0.39 is 0 Å². The van der Waals surface area contributed by atoms with E-state index in [1.54, 1.807) is 0 Å². The van der Waals surface area contributed by atoms with E-state index in [9.17, 15) is 0 Å².